The first-order valence-electron chi connectivity index (χ1n) is 17.9. The van der Waals surface area contributed by atoms with Crippen LogP contribution in [-0.4, -0.2) is 79.1 Å². The van der Waals surface area contributed by atoms with Gasteiger partial charge in [-0.25, -0.2) is 24.4 Å². The van der Waals surface area contributed by atoms with E-state index in [4.69, 9.17) is 35.5 Å². The van der Waals surface area contributed by atoms with Gasteiger partial charge in [-0.1, -0.05) is 78.5 Å². The number of fused-ring (bicyclic) bond motifs is 2. The van der Waals surface area contributed by atoms with Crippen molar-refractivity contribution in [2.45, 2.75) is 41.8 Å². The average molecular weight is 821 g/mol. The Morgan fingerprint density at radius 2 is 1.40 bits per heavy atom. The van der Waals surface area contributed by atoms with Crippen molar-refractivity contribution >= 4 is 79.8 Å². The van der Waals surface area contributed by atoms with E-state index in [0.717, 1.165) is 14.6 Å². The predicted octanol–water partition coefficient (Wildman–Crippen LogP) is 7.89. The summed E-state index contributed by atoms with van der Waals surface area (Å²) in [5.74, 6) is -0.986. The van der Waals surface area contributed by atoms with Crippen LogP contribution >= 0.6 is 34.7 Å². The summed E-state index contributed by atoms with van der Waals surface area (Å²) in [4.78, 5) is 58.7. The van der Waals surface area contributed by atoms with Crippen molar-refractivity contribution in [3.63, 3.8) is 0 Å². The van der Waals surface area contributed by atoms with Crippen LogP contribution in [0, 0.1) is 0 Å². The SMILES string of the molecule is C[C@@H](CSc1nc2ccccc2s1)Nc1nc(Cl)nc2c1ncn2[C@@H]1O[C@H](COC(=O)c2ccccc2)[C@@H](OC(=O)c2ccccc2)[C@H]1OC(=O)c1ccccc1. The van der Waals surface area contributed by atoms with E-state index in [0.29, 0.717) is 22.7 Å². The van der Waals surface area contributed by atoms with Crippen molar-refractivity contribution < 1.29 is 33.3 Å². The van der Waals surface area contributed by atoms with Gasteiger partial charge >= 0.3 is 17.9 Å². The van der Waals surface area contributed by atoms with Gasteiger partial charge in [-0.05, 0) is 67.1 Å². The average Bonchev–Trinajstić information content (AvgIpc) is 3.95. The van der Waals surface area contributed by atoms with Gasteiger partial charge in [0.25, 0.3) is 0 Å². The predicted molar refractivity (Wildman–Crippen MR) is 216 cm³/mol. The molecule has 0 amide bonds. The third-order valence-electron chi connectivity index (χ3n) is 8.96. The van der Waals surface area contributed by atoms with E-state index in [1.807, 2.05) is 31.2 Å². The van der Waals surface area contributed by atoms with Crippen molar-refractivity contribution in [1.29, 1.82) is 0 Å². The Morgan fingerprint density at radius 1 is 0.807 bits per heavy atom. The van der Waals surface area contributed by atoms with Crippen molar-refractivity contribution in [3.05, 3.63) is 144 Å². The largest absolute Gasteiger partial charge is 0.459 e. The minimum Gasteiger partial charge on any atom is -0.459 e. The van der Waals surface area contributed by atoms with Crippen molar-refractivity contribution in [3.8, 4) is 0 Å². The highest BCUT2D eigenvalue weighted by Crippen LogP contribution is 2.38. The summed E-state index contributed by atoms with van der Waals surface area (Å²) in [7, 11) is 0. The molecule has 0 unspecified atom stereocenters. The summed E-state index contributed by atoms with van der Waals surface area (Å²) in [6.07, 6.45) is -3.36. The molecule has 16 heteroatoms. The van der Waals surface area contributed by atoms with Gasteiger partial charge in [0.05, 0.1) is 33.2 Å². The molecule has 288 valence electrons. The smallest absolute Gasteiger partial charge is 0.338 e. The zero-order valence-electron chi connectivity index (χ0n) is 30.1. The number of nitrogens with one attached hydrogen (secondary N) is 1. The molecule has 1 saturated heterocycles. The lowest BCUT2D eigenvalue weighted by Crippen LogP contribution is -2.41. The molecule has 13 nitrogen and oxygen atoms in total. The van der Waals surface area contributed by atoms with Gasteiger partial charge in [0.2, 0.25) is 5.28 Å². The molecule has 57 heavy (non-hydrogen) atoms. The zero-order chi connectivity index (χ0) is 39.3. The molecule has 7 aromatic rings. The van der Waals surface area contributed by atoms with Gasteiger partial charge < -0.3 is 24.3 Å². The summed E-state index contributed by atoms with van der Waals surface area (Å²) in [5, 5.41) is 3.33. The molecule has 4 aromatic carbocycles. The summed E-state index contributed by atoms with van der Waals surface area (Å²) in [6, 6.07) is 33.1. The van der Waals surface area contributed by atoms with Crippen LogP contribution in [0.4, 0.5) is 5.82 Å². The molecular weight excluding hydrogens is 788 g/mol. The minimum absolute atomic E-state index is 0.0750. The third kappa shape index (κ3) is 8.61. The molecule has 0 bridgehead atoms. The zero-order valence-corrected chi connectivity index (χ0v) is 32.5. The summed E-state index contributed by atoms with van der Waals surface area (Å²) in [5.41, 5.74) is 2.41. The Morgan fingerprint density at radius 3 is 2.05 bits per heavy atom. The molecule has 0 saturated carbocycles. The second-order valence-corrected chi connectivity index (χ2v) is 15.6. The molecular formula is C41H33ClN6O7S2. The number of thiazole rings is 1. The third-order valence-corrected chi connectivity index (χ3v) is 11.6. The number of rotatable bonds is 13. The summed E-state index contributed by atoms with van der Waals surface area (Å²) in [6.45, 7) is 1.65. The first kappa shape index (κ1) is 38.0. The van der Waals surface area contributed by atoms with Crippen LogP contribution in [0.15, 0.2) is 126 Å². The Bertz CT molecular complexity index is 2490. The summed E-state index contributed by atoms with van der Waals surface area (Å²) >= 11 is 9.78. The fraction of sp³-hybridized carbons (Fsp3) is 0.195. The van der Waals surface area contributed by atoms with Gasteiger partial charge in [-0.2, -0.15) is 9.97 Å². The lowest BCUT2D eigenvalue weighted by molar-refractivity contribution is -0.0606. The van der Waals surface area contributed by atoms with E-state index in [1.165, 1.54) is 6.33 Å². The van der Waals surface area contributed by atoms with Crippen LogP contribution in [0.3, 0.4) is 0 Å². The number of hydrogen-bond donors (Lipinski definition) is 1. The monoisotopic (exact) mass is 820 g/mol. The highest BCUT2D eigenvalue weighted by atomic mass is 35.5. The van der Waals surface area contributed by atoms with Gasteiger partial charge in [-0.15, -0.1) is 11.3 Å². The second-order valence-electron chi connectivity index (χ2n) is 13.0. The van der Waals surface area contributed by atoms with Crippen LogP contribution in [0.25, 0.3) is 21.4 Å². The number of benzene rings is 4. The van der Waals surface area contributed by atoms with E-state index in [2.05, 4.69) is 20.3 Å². The fourth-order valence-corrected chi connectivity index (χ4v) is 8.45. The van der Waals surface area contributed by atoms with Gasteiger partial charge in [0.1, 0.15) is 12.7 Å². The molecule has 1 N–H and O–H groups in total. The summed E-state index contributed by atoms with van der Waals surface area (Å²) < 4.78 is 28.0. The normalized spacial score (nSPS) is 18.3. The molecule has 1 aliphatic rings. The Labute approximate surface area is 339 Å². The molecule has 4 heterocycles. The van der Waals surface area contributed by atoms with E-state index < -0.39 is 42.4 Å². The quantitative estimate of drug-likeness (QED) is 0.0519. The minimum atomic E-state index is -1.28. The molecule has 8 rings (SSSR count). The lowest BCUT2D eigenvalue weighted by Gasteiger charge is -2.25. The van der Waals surface area contributed by atoms with Crippen LogP contribution in [0.2, 0.25) is 5.28 Å². The number of aromatic nitrogens is 5. The van der Waals surface area contributed by atoms with Gasteiger partial charge in [-0.3, -0.25) is 4.57 Å². The van der Waals surface area contributed by atoms with E-state index >= 15 is 0 Å². The van der Waals surface area contributed by atoms with Crippen LogP contribution in [0.1, 0.15) is 44.2 Å². The number of carbonyl (C=O) groups is 3. The number of thioether (sulfide) groups is 1. The van der Waals surface area contributed by atoms with Crippen LogP contribution < -0.4 is 5.32 Å². The van der Waals surface area contributed by atoms with Crippen LogP contribution in [0.5, 0.6) is 0 Å². The first-order chi connectivity index (χ1) is 27.8. The Balaban J connectivity index is 1.11. The van der Waals surface area contributed by atoms with Gasteiger partial charge in [0.15, 0.2) is 39.8 Å². The van der Waals surface area contributed by atoms with E-state index in [-0.39, 0.29) is 34.7 Å². The topological polar surface area (TPSA) is 157 Å². The number of hydrogen-bond acceptors (Lipinski definition) is 14. The lowest BCUT2D eigenvalue weighted by atomic mass is 10.1. The number of esters is 3. The van der Waals surface area contributed by atoms with E-state index in [9.17, 15) is 14.4 Å². The number of anilines is 1. The molecule has 1 aliphatic heterocycles. The second kappa shape index (κ2) is 17.1. The molecule has 1 fully saturated rings. The number of imidazole rings is 1. The maximum absolute atomic E-state index is 13.7. The van der Waals surface area contributed by atoms with Crippen LogP contribution in [-0.2, 0) is 18.9 Å². The molecule has 0 radical (unpaired) electrons. The first-order valence-corrected chi connectivity index (χ1v) is 20.0. The van der Waals surface area contributed by atoms with E-state index in [1.54, 1.807) is 119 Å². The molecule has 0 aliphatic carbocycles. The molecule has 3 aromatic heterocycles. The number of nitrogens with zero attached hydrogens (tertiary/aromatic N) is 5. The maximum Gasteiger partial charge on any atom is 0.338 e. The molecule has 0 spiro atoms. The molecule has 5 atom stereocenters. The van der Waals surface area contributed by atoms with Crippen molar-refractivity contribution in [1.82, 2.24) is 24.5 Å². The standard InChI is InChI=1S/C41H33ClN6O7S2/c1-24(22-56-41-45-28-19-11-12-20-30(28)57-41)44-34-31-35(47-40(42)46-34)48(23-43-31)36-33(55-39(51)27-17-9-4-10-18-27)32(54-38(50)26-15-7-3-8-16-26)29(53-36)21-52-37(49)25-13-5-2-6-14-25/h2-20,23-24,29,32-33,36H,21-22H2,1H3,(H,44,46,47)/t24-,29+,32+,33+,36+/m0/s1. The Kier molecular flexibility index (Phi) is 11.4. The maximum atomic E-state index is 13.7. The number of para-hydroxylation sites is 1. The highest BCUT2D eigenvalue weighted by Gasteiger charge is 2.52. The fourth-order valence-electron chi connectivity index (χ4n) is 6.24. The number of halogens is 1. The number of ether oxygens (including phenoxy) is 4. The Hall–Kier alpha value is -5.87. The van der Waals surface area contributed by atoms with Crippen molar-refractivity contribution in [2.75, 3.05) is 17.7 Å². The number of carbonyl (C=O) groups excluding carboxylic acids is 3. The van der Waals surface area contributed by atoms with Crippen molar-refractivity contribution in [2.24, 2.45) is 0 Å². The highest BCUT2D eigenvalue weighted by molar-refractivity contribution is 8.01. The van der Waals surface area contributed by atoms with Gasteiger partial charge in [0, 0.05) is 11.8 Å².